The number of rotatable bonds is 12. The Kier molecular flexibility index (Phi) is 9.98. The lowest BCUT2D eigenvalue weighted by molar-refractivity contribution is 0.0819. The Labute approximate surface area is 135 Å². The smallest absolute Gasteiger partial charge is 0.0727 e. The van der Waals surface area contributed by atoms with Crippen LogP contribution in [0.2, 0.25) is 0 Å². The standard InChI is InChI=1S/C18H33NOS/c1-5-8-9-16(7-3)13-20-14-17-11-18(21-15(17)4)12-19-10-6-2/h11,16,19H,5-10,12-14H2,1-4H3. The maximum Gasteiger partial charge on any atom is 0.0727 e. The van der Waals surface area contributed by atoms with E-state index in [0.29, 0.717) is 0 Å². The van der Waals surface area contributed by atoms with E-state index >= 15 is 0 Å². The number of ether oxygens (including phenoxy) is 1. The topological polar surface area (TPSA) is 21.3 Å². The number of hydrogen-bond donors (Lipinski definition) is 1. The highest BCUT2D eigenvalue weighted by Gasteiger charge is 2.09. The van der Waals surface area contributed by atoms with Gasteiger partial charge in [0.1, 0.15) is 0 Å². The van der Waals surface area contributed by atoms with Crippen molar-refractivity contribution in [2.75, 3.05) is 13.2 Å². The number of unbranched alkanes of at least 4 members (excludes halogenated alkanes) is 1. The van der Waals surface area contributed by atoms with Crippen molar-refractivity contribution < 1.29 is 4.74 Å². The molecule has 1 unspecified atom stereocenters. The van der Waals surface area contributed by atoms with Crippen LogP contribution in [-0.4, -0.2) is 13.2 Å². The van der Waals surface area contributed by atoms with Crippen LogP contribution in [0.4, 0.5) is 0 Å². The first kappa shape index (κ1) is 18.7. The van der Waals surface area contributed by atoms with Gasteiger partial charge in [0, 0.05) is 22.9 Å². The lowest BCUT2D eigenvalue weighted by Gasteiger charge is -2.14. The minimum absolute atomic E-state index is 0.731. The van der Waals surface area contributed by atoms with Gasteiger partial charge in [-0.15, -0.1) is 11.3 Å². The molecule has 0 bridgehead atoms. The maximum atomic E-state index is 5.98. The van der Waals surface area contributed by atoms with Crippen LogP contribution in [0.3, 0.4) is 0 Å². The zero-order valence-electron chi connectivity index (χ0n) is 14.3. The van der Waals surface area contributed by atoms with Crippen LogP contribution in [0.1, 0.15) is 68.2 Å². The molecule has 0 amide bonds. The summed E-state index contributed by atoms with van der Waals surface area (Å²) >= 11 is 1.90. The molecule has 0 aliphatic heterocycles. The summed E-state index contributed by atoms with van der Waals surface area (Å²) in [6.07, 6.45) is 6.34. The van der Waals surface area contributed by atoms with Gasteiger partial charge in [0.2, 0.25) is 0 Å². The molecular weight excluding hydrogens is 278 g/mol. The van der Waals surface area contributed by atoms with Crippen LogP contribution in [0, 0.1) is 12.8 Å². The molecule has 0 spiro atoms. The third kappa shape index (κ3) is 7.44. The largest absolute Gasteiger partial charge is 0.376 e. The normalized spacial score (nSPS) is 12.8. The summed E-state index contributed by atoms with van der Waals surface area (Å²) in [7, 11) is 0. The monoisotopic (exact) mass is 311 g/mol. The molecule has 0 aliphatic rings. The van der Waals surface area contributed by atoms with Crippen molar-refractivity contribution in [2.24, 2.45) is 5.92 Å². The summed E-state index contributed by atoms with van der Waals surface area (Å²) in [5.41, 5.74) is 1.37. The van der Waals surface area contributed by atoms with Gasteiger partial charge < -0.3 is 10.1 Å². The van der Waals surface area contributed by atoms with E-state index in [9.17, 15) is 0 Å². The molecule has 1 aromatic rings. The Morgan fingerprint density at radius 2 is 2.05 bits per heavy atom. The van der Waals surface area contributed by atoms with Crippen LogP contribution >= 0.6 is 11.3 Å². The maximum absolute atomic E-state index is 5.98. The fraction of sp³-hybridized carbons (Fsp3) is 0.778. The van der Waals surface area contributed by atoms with Crippen LogP contribution in [0.15, 0.2) is 6.07 Å². The van der Waals surface area contributed by atoms with E-state index in [0.717, 1.165) is 32.2 Å². The minimum atomic E-state index is 0.731. The zero-order valence-corrected chi connectivity index (χ0v) is 15.2. The molecule has 2 nitrogen and oxygen atoms in total. The summed E-state index contributed by atoms with van der Waals surface area (Å²) in [5, 5.41) is 3.47. The second-order valence-corrected chi connectivity index (χ2v) is 7.24. The molecule has 0 aliphatic carbocycles. The third-order valence-corrected chi connectivity index (χ3v) is 5.04. The van der Waals surface area contributed by atoms with E-state index in [-0.39, 0.29) is 0 Å². The summed E-state index contributed by atoms with van der Waals surface area (Å²) in [6.45, 7) is 12.7. The average Bonchev–Trinajstić information content (AvgIpc) is 2.83. The van der Waals surface area contributed by atoms with Gasteiger partial charge in [-0.3, -0.25) is 0 Å². The highest BCUT2D eigenvalue weighted by atomic mass is 32.1. The van der Waals surface area contributed by atoms with Crippen molar-refractivity contribution >= 4 is 11.3 Å². The van der Waals surface area contributed by atoms with Gasteiger partial charge in [-0.2, -0.15) is 0 Å². The van der Waals surface area contributed by atoms with Gasteiger partial charge in [-0.05, 0) is 43.9 Å². The molecule has 0 saturated carbocycles. The molecule has 21 heavy (non-hydrogen) atoms. The molecule has 1 N–H and O–H groups in total. The van der Waals surface area contributed by atoms with Crippen molar-refractivity contribution in [1.82, 2.24) is 5.32 Å². The van der Waals surface area contributed by atoms with Gasteiger partial charge in [0.05, 0.1) is 6.61 Å². The molecule has 0 saturated heterocycles. The Morgan fingerprint density at radius 3 is 2.71 bits per heavy atom. The van der Waals surface area contributed by atoms with Crippen LogP contribution in [0.25, 0.3) is 0 Å². The fourth-order valence-electron chi connectivity index (χ4n) is 2.44. The molecular formula is C18H33NOS. The van der Waals surface area contributed by atoms with Crippen molar-refractivity contribution in [3.05, 3.63) is 21.4 Å². The number of thiophene rings is 1. The van der Waals surface area contributed by atoms with Crippen molar-refractivity contribution in [2.45, 2.75) is 73.0 Å². The molecule has 1 atom stereocenters. The lowest BCUT2D eigenvalue weighted by Crippen LogP contribution is -2.12. The van der Waals surface area contributed by atoms with Gasteiger partial charge in [0.25, 0.3) is 0 Å². The molecule has 1 heterocycles. The molecule has 122 valence electrons. The third-order valence-electron chi connectivity index (χ3n) is 3.95. The quantitative estimate of drug-likeness (QED) is 0.530. The van der Waals surface area contributed by atoms with Crippen LogP contribution in [-0.2, 0) is 17.9 Å². The van der Waals surface area contributed by atoms with Gasteiger partial charge in [-0.25, -0.2) is 0 Å². The van der Waals surface area contributed by atoms with E-state index in [2.05, 4.69) is 39.1 Å². The van der Waals surface area contributed by atoms with E-state index in [1.807, 2.05) is 11.3 Å². The SMILES string of the molecule is CCCCC(CC)COCc1cc(CNCCC)sc1C. The molecule has 1 aromatic heterocycles. The molecule has 0 fully saturated rings. The van der Waals surface area contributed by atoms with E-state index in [1.165, 1.54) is 47.4 Å². The van der Waals surface area contributed by atoms with Gasteiger partial charge >= 0.3 is 0 Å². The molecule has 1 rings (SSSR count). The van der Waals surface area contributed by atoms with E-state index in [4.69, 9.17) is 4.74 Å². The number of hydrogen-bond acceptors (Lipinski definition) is 3. The summed E-state index contributed by atoms with van der Waals surface area (Å²) in [4.78, 5) is 2.84. The zero-order chi connectivity index (χ0) is 15.5. The number of aryl methyl sites for hydroxylation is 1. The van der Waals surface area contributed by atoms with Crippen LogP contribution < -0.4 is 5.32 Å². The van der Waals surface area contributed by atoms with Gasteiger partial charge in [0.15, 0.2) is 0 Å². The second-order valence-electron chi connectivity index (χ2n) is 5.90. The predicted octanol–water partition coefficient (Wildman–Crippen LogP) is 5.29. The highest BCUT2D eigenvalue weighted by molar-refractivity contribution is 7.12. The van der Waals surface area contributed by atoms with E-state index < -0.39 is 0 Å². The Balaban J connectivity index is 2.33. The first-order chi connectivity index (χ1) is 10.2. The summed E-state index contributed by atoms with van der Waals surface area (Å²) in [5.74, 6) is 0.731. The van der Waals surface area contributed by atoms with Gasteiger partial charge in [-0.1, -0.05) is 40.0 Å². The van der Waals surface area contributed by atoms with Crippen molar-refractivity contribution in [3.8, 4) is 0 Å². The second kappa shape index (κ2) is 11.2. The lowest BCUT2D eigenvalue weighted by atomic mass is 10.0. The van der Waals surface area contributed by atoms with Crippen molar-refractivity contribution in [3.63, 3.8) is 0 Å². The molecule has 0 aromatic carbocycles. The Hall–Kier alpha value is -0.380. The first-order valence-corrected chi connectivity index (χ1v) is 9.39. The summed E-state index contributed by atoms with van der Waals surface area (Å²) < 4.78 is 5.98. The summed E-state index contributed by atoms with van der Waals surface area (Å²) in [6, 6.07) is 2.32. The van der Waals surface area contributed by atoms with E-state index in [1.54, 1.807) is 0 Å². The van der Waals surface area contributed by atoms with Crippen molar-refractivity contribution in [1.29, 1.82) is 0 Å². The van der Waals surface area contributed by atoms with Crippen LogP contribution in [0.5, 0.6) is 0 Å². The highest BCUT2D eigenvalue weighted by Crippen LogP contribution is 2.23. The predicted molar refractivity (Wildman–Crippen MR) is 94.0 cm³/mol. The average molecular weight is 312 g/mol. The Morgan fingerprint density at radius 1 is 1.24 bits per heavy atom. The molecule has 3 heteroatoms. The number of nitrogens with one attached hydrogen (secondary N) is 1. The fourth-order valence-corrected chi connectivity index (χ4v) is 3.46. The molecule has 0 radical (unpaired) electrons. The first-order valence-electron chi connectivity index (χ1n) is 8.57. The Bertz CT molecular complexity index is 375. The minimum Gasteiger partial charge on any atom is -0.376 e.